The van der Waals surface area contributed by atoms with Crippen molar-refractivity contribution in [2.75, 3.05) is 18.6 Å². The van der Waals surface area contributed by atoms with Crippen molar-refractivity contribution in [2.24, 2.45) is 5.73 Å². The normalized spacial score (nSPS) is 14.3. The molecule has 1 heterocycles. The fraction of sp³-hybridized carbons (Fsp3) is 0.636. The maximum atomic E-state index is 11.7. The first-order valence-corrected chi connectivity index (χ1v) is 7.84. The standard InChI is InChI=1S/C11H19N3OS2/c1-8(11-13-4-6-17-11)7-14-10(15)9(12)3-5-16-2/h4,6,8-9H,3,5,7,12H2,1-2H3,(H,14,15)/t8?,9-/m1/s1. The Morgan fingerprint density at radius 3 is 3.06 bits per heavy atom. The van der Waals surface area contributed by atoms with Crippen LogP contribution in [-0.4, -0.2) is 35.5 Å². The van der Waals surface area contributed by atoms with Crippen molar-refractivity contribution < 1.29 is 4.79 Å². The molecular weight excluding hydrogens is 254 g/mol. The van der Waals surface area contributed by atoms with Crippen LogP contribution in [0, 0.1) is 0 Å². The van der Waals surface area contributed by atoms with E-state index >= 15 is 0 Å². The lowest BCUT2D eigenvalue weighted by atomic mass is 10.1. The first-order chi connectivity index (χ1) is 8.15. The lowest BCUT2D eigenvalue weighted by Crippen LogP contribution is -2.42. The third kappa shape index (κ3) is 5.06. The van der Waals surface area contributed by atoms with Crippen molar-refractivity contribution >= 4 is 29.0 Å². The van der Waals surface area contributed by atoms with Gasteiger partial charge in [0.05, 0.1) is 11.0 Å². The molecule has 0 fully saturated rings. The van der Waals surface area contributed by atoms with Crippen LogP contribution in [0.2, 0.25) is 0 Å². The quantitative estimate of drug-likeness (QED) is 0.789. The first-order valence-electron chi connectivity index (χ1n) is 5.56. The number of aromatic nitrogens is 1. The minimum absolute atomic E-state index is 0.0672. The summed E-state index contributed by atoms with van der Waals surface area (Å²) in [6.07, 6.45) is 4.51. The highest BCUT2D eigenvalue weighted by Gasteiger charge is 2.15. The van der Waals surface area contributed by atoms with Gasteiger partial charge in [-0.25, -0.2) is 4.98 Å². The van der Waals surface area contributed by atoms with Gasteiger partial charge in [-0.1, -0.05) is 6.92 Å². The molecule has 4 nitrogen and oxygen atoms in total. The monoisotopic (exact) mass is 273 g/mol. The summed E-state index contributed by atoms with van der Waals surface area (Å²) in [6, 6.07) is -0.397. The molecule has 96 valence electrons. The maximum Gasteiger partial charge on any atom is 0.236 e. The fourth-order valence-electron chi connectivity index (χ4n) is 1.33. The molecule has 3 N–H and O–H groups in total. The molecule has 0 saturated carbocycles. The predicted molar refractivity (Wildman–Crippen MR) is 74.5 cm³/mol. The predicted octanol–water partition coefficient (Wildman–Crippen LogP) is 1.44. The maximum absolute atomic E-state index is 11.7. The summed E-state index contributed by atoms with van der Waals surface area (Å²) >= 11 is 3.31. The van der Waals surface area contributed by atoms with Gasteiger partial charge in [0.1, 0.15) is 0 Å². The zero-order valence-corrected chi connectivity index (χ0v) is 11.8. The summed E-state index contributed by atoms with van der Waals surface area (Å²) in [6.45, 7) is 2.64. The molecule has 0 aliphatic rings. The smallest absolute Gasteiger partial charge is 0.236 e. The van der Waals surface area contributed by atoms with Crippen LogP contribution < -0.4 is 11.1 Å². The Labute approximate surface area is 110 Å². The van der Waals surface area contributed by atoms with E-state index in [0.717, 1.165) is 17.2 Å². The molecule has 1 aromatic rings. The number of hydrogen-bond donors (Lipinski definition) is 2. The van der Waals surface area contributed by atoms with Crippen LogP contribution in [0.5, 0.6) is 0 Å². The van der Waals surface area contributed by atoms with Crippen LogP contribution in [0.3, 0.4) is 0 Å². The second-order valence-electron chi connectivity index (χ2n) is 3.90. The largest absolute Gasteiger partial charge is 0.354 e. The molecule has 0 radical (unpaired) electrons. The summed E-state index contributed by atoms with van der Waals surface area (Å²) < 4.78 is 0. The van der Waals surface area contributed by atoms with Crippen molar-refractivity contribution in [1.29, 1.82) is 0 Å². The van der Waals surface area contributed by atoms with Gasteiger partial charge in [-0.3, -0.25) is 4.79 Å². The minimum Gasteiger partial charge on any atom is -0.354 e. The summed E-state index contributed by atoms with van der Waals surface area (Å²) in [4.78, 5) is 15.9. The molecule has 1 aromatic heterocycles. The van der Waals surface area contributed by atoms with Crippen molar-refractivity contribution in [3.63, 3.8) is 0 Å². The molecule has 0 saturated heterocycles. The van der Waals surface area contributed by atoms with Gasteiger partial charge in [-0.15, -0.1) is 11.3 Å². The molecule has 0 aromatic carbocycles. The minimum atomic E-state index is -0.397. The number of nitrogens with two attached hydrogens (primary N) is 1. The Bertz CT molecular complexity index is 329. The van der Waals surface area contributed by atoms with Crippen molar-refractivity contribution in [3.8, 4) is 0 Å². The van der Waals surface area contributed by atoms with Gasteiger partial charge in [0.15, 0.2) is 0 Å². The molecule has 1 amide bonds. The summed E-state index contributed by atoms with van der Waals surface area (Å²) in [5.41, 5.74) is 5.77. The molecule has 0 bridgehead atoms. The van der Waals surface area contributed by atoms with Gasteiger partial charge in [0.2, 0.25) is 5.91 Å². The van der Waals surface area contributed by atoms with E-state index in [9.17, 15) is 4.79 Å². The van der Waals surface area contributed by atoms with E-state index in [1.807, 2.05) is 18.6 Å². The zero-order valence-electron chi connectivity index (χ0n) is 10.2. The van der Waals surface area contributed by atoms with Crippen LogP contribution >= 0.6 is 23.1 Å². The molecule has 17 heavy (non-hydrogen) atoms. The van der Waals surface area contributed by atoms with E-state index in [4.69, 9.17) is 5.73 Å². The van der Waals surface area contributed by atoms with E-state index in [1.54, 1.807) is 29.3 Å². The van der Waals surface area contributed by atoms with Gasteiger partial charge < -0.3 is 11.1 Å². The Morgan fingerprint density at radius 1 is 1.71 bits per heavy atom. The number of nitrogens with one attached hydrogen (secondary N) is 1. The van der Waals surface area contributed by atoms with Gasteiger partial charge >= 0.3 is 0 Å². The van der Waals surface area contributed by atoms with Gasteiger partial charge in [-0.2, -0.15) is 11.8 Å². The second-order valence-corrected chi connectivity index (χ2v) is 5.82. The number of thiazole rings is 1. The number of hydrogen-bond acceptors (Lipinski definition) is 5. The van der Waals surface area contributed by atoms with Gasteiger partial charge in [0.25, 0.3) is 0 Å². The van der Waals surface area contributed by atoms with Crippen LogP contribution in [0.1, 0.15) is 24.3 Å². The van der Waals surface area contributed by atoms with Crippen molar-refractivity contribution in [3.05, 3.63) is 16.6 Å². The molecule has 1 rings (SSSR count). The second kappa shape index (κ2) is 7.68. The van der Waals surface area contributed by atoms with Crippen LogP contribution in [-0.2, 0) is 4.79 Å². The third-order valence-electron chi connectivity index (χ3n) is 2.43. The number of carbonyl (C=O) groups excluding carboxylic acids is 1. The topological polar surface area (TPSA) is 68.0 Å². The molecule has 1 unspecified atom stereocenters. The molecule has 6 heteroatoms. The molecule has 0 aliphatic carbocycles. The molecule has 0 spiro atoms. The van der Waals surface area contributed by atoms with Gasteiger partial charge in [0, 0.05) is 24.0 Å². The van der Waals surface area contributed by atoms with E-state index < -0.39 is 6.04 Å². The number of nitrogens with zero attached hydrogens (tertiary/aromatic N) is 1. The Kier molecular flexibility index (Phi) is 6.54. The SMILES string of the molecule is CSCC[C@@H](N)C(=O)NCC(C)c1nccs1. The Morgan fingerprint density at radius 2 is 2.47 bits per heavy atom. The zero-order chi connectivity index (χ0) is 12.7. The number of rotatable bonds is 7. The molecular formula is C11H19N3OS2. The average molecular weight is 273 g/mol. The third-order valence-corrected chi connectivity index (χ3v) is 4.08. The number of amides is 1. The summed E-state index contributed by atoms with van der Waals surface area (Å²) in [5.74, 6) is 1.09. The fourth-order valence-corrected chi connectivity index (χ4v) is 2.51. The van der Waals surface area contributed by atoms with Crippen LogP contribution in [0.15, 0.2) is 11.6 Å². The number of carbonyl (C=O) groups is 1. The highest BCUT2D eigenvalue weighted by Crippen LogP contribution is 2.16. The van der Waals surface area contributed by atoms with Crippen LogP contribution in [0.25, 0.3) is 0 Å². The summed E-state index contributed by atoms with van der Waals surface area (Å²) in [7, 11) is 0. The van der Waals surface area contributed by atoms with E-state index in [1.165, 1.54) is 0 Å². The average Bonchev–Trinajstić information content (AvgIpc) is 2.86. The highest BCUT2D eigenvalue weighted by molar-refractivity contribution is 7.98. The van der Waals surface area contributed by atoms with Crippen molar-refractivity contribution in [2.45, 2.75) is 25.3 Å². The van der Waals surface area contributed by atoms with E-state index in [0.29, 0.717) is 6.54 Å². The van der Waals surface area contributed by atoms with E-state index in [2.05, 4.69) is 10.3 Å². The van der Waals surface area contributed by atoms with Crippen LogP contribution in [0.4, 0.5) is 0 Å². The first kappa shape index (κ1) is 14.5. The lowest BCUT2D eigenvalue weighted by molar-refractivity contribution is -0.122. The summed E-state index contributed by atoms with van der Waals surface area (Å²) in [5, 5.41) is 5.86. The Hall–Kier alpha value is -0.590. The molecule has 0 aliphatic heterocycles. The Balaban J connectivity index is 2.28. The van der Waals surface area contributed by atoms with Crippen molar-refractivity contribution in [1.82, 2.24) is 10.3 Å². The lowest BCUT2D eigenvalue weighted by Gasteiger charge is -2.14. The highest BCUT2D eigenvalue weighted by atomic mass is 32.2. The number of thioether (sulfide) groups is 1. The molecule has 2 atom stereocenters. The van der Waals surface area contributed by atoms with E-state index in [-0.39, 0.29) is 11.8 Å². The van der Waals surface area contributed by atoms with Gasteiger partial charge in [-0.05, 0) is 18.4 Å².